The van der Waals surface area contributed by atoms with Gasteiger partial charge >= 0.3 is 0 Å². The summed E-state index contributed by atoms with van der Waals surface area (Å²) in [6.07, 6.45) is 1.83. The maximum Gasteiger partial charge on any atom is 0.118 e. The third-order valence-corrected chi connectivity index (χ3v) is 3.56. The summed E-state index contributed by atoms with van der Waals surface area (Å²) in [6.45, 7) is 4.71. The molecule has 1 heterocycles. The number of ether oxygens (including phenoxy) is 1. The van der Waals surface area contributed by atoms with E-state index in [9.17, 15) is 0 Å². The predicted molar refractivity (Wildman–Crippen MR) is 85.1 cm³/mol. The summed E-state index contributed by atoms with van der Waals surface area (Å²) >= 11 is 0. The van der Waals surface area contributed by atoms with Crippen LogP contribution in [0.2, 0.25) is 0 Å². The largest absolute Gasteiger partial charge is 0.497 e. The van der Waals surface area contributed by atoms with Crippen molar-refractivity contribution in [2.45, 2.75) is 19.5 Å². The van der Waals surface area contributed by atoms with Crippen molar-refractivity contribution in [1.82, 2.24) is 9.88 Å². The molecule has 1 atom stereocenters. The molecule has 0 saturated heterocycles. The van der Waals surface area contributed by atoms with E-state index in [1.807, 2.05) is 48.7 Å². The first-order valence-electron chi connectivity index (χ1n) is 7.24. The standard InChI is InChI=1S/C17H23N3O/c1-3-20(12-15-6-4-5-11-19-15)13-17(18)14-7-9-16(21-2)10-8-14/h4-11,17H,3,12-13,18H2,1-2H3. The van der Waals surface area contributed by atoms with E-state index in [-0.39, 0.29) is 6.04 Å². The van der Waals surface area contributed by atoms with Crippen LogP contribution in [0.4, 0.5) is 0 Å². The lowest BCUT2D eigenvalue weighted by Gasteiger charge is -2.24. The van der Waals surface area contributed by atoms with Crippen LogP contribution < -0.4 is 10.5 Å². The lowest BCUT2D eigenvalue weighted by molar-refractivity contribution is 0.259. The number of aromatic nitrogens is 1. The number of likely N-dealkylation sites (N-methyl/N-ethyl adjacent to an activating group) is 1. The highest BCUT2D eigenvalue weighted by Crippen LogP contribution is 2.17. The van der Waals surface area contributed by atoms with Gasteiger partial charge in [0.15, 0.2) is 0 Å². The van der Waals surface area contributed by atoms with Crippen molar-refractivity contribution < 1.29 is 4.74 Å². The van der Waals surface area contributed by atoms with Gasteiger partial charge in [0.05, 0.1) is 12.8 Å². The van der Waals surface area contributed by atoms with Crippen molar-refractivity contribution >= 4 is 0 Å². The summed E-state index contributed by atoms with van der Waals surface area (Å²) < 4.78 is 5.17. The molecule has 21 heavy (non-hydrogen) atoms. The van der Waals surface area contributed by atoms with Crippen LogP contribution in [-0.2, 0) is 6.54 Å². The molecular weight excluding hydrogens is 262 g/mol. The minimum atomic E-state index is -0.0143. The predicted octanol–water partition coefficient (Wildman–Crippen LogP) is 2.61. The summed E-state index contributed by atoms with van der Waals surface area (Å²) in [6, 6.07) is 13.9. The Morgan fingerprint density at radius 3 is 2.52 bits per heavy atom. The molecule has 1 unspecified atom stereocenters. The number of benzene rings is 1. The Kier molecular flexibility index (Phi) is 5.72. The molecule has 2 rings (SSSR count). The average Bonchev–Trinajstić information content (AvgIpc) is 2.55. The summed E-state index contributed by atoms with van der Waals surface area (Å²) in [5.74, 6) is 0.854. The second-order valence-electron chi connectivity index (χ2n) is 5.03. The van der Waals surface area contributed by atoms with Crippen molar-refractivity contribution in [3.8, 4) is 5.75 Å². The van der Waals surface area contributed by atoms with Crippen LogP contribution in [0.5, 0.6) is 5.75 Å². The summed E-state index contributed by atoms with van der Waals surface area (Å²) in [4.78, 5) is 6.67. The van der Waals surface area contributed by atoms with Gasteiger partial charge in [-0.1, -0.05) is 25.1 Å². The van der Waals surface area contributed by atoms with E-state index in [1.165, 1.54) is 0 Å². The van der Waals surface area contributed by atoms with E-state index in [4.69, 9.17) is 10.5 Å². The normalized spacial score (nSPS) is 12.4. The molecule has 0 aliphatic rings. The Hall–Kier alpha value is -1.91. The number of hydrogen-bond donors (Lipinski definition) is 1. The number of rotatable bonds is 7. The molecule has 0 aliphatic carbocycles. The third-order valence-electron chi connectivity index (χ3n) is 3.56. The molecule has 0 saturated carbocycles. The van der Waals surface area contributed by atoms with Gasteiger partial charge < -0.3 is 10.5 Å². The highest BCUT2D eigenvalue weighted by atomic mass is 16.5. The highest BCUT2D eigenvalue weighted by Gasteiger charge is 2.12. The molecular formula is C17H23N3O. The van der Waals surface area contributed by atoms with Crippen LogP contribution in [0, 0.1) is 0 Å². The fourth-order valence-corrected chi connectivity index (χ4v) is 2.26. The first-order chi connectivity index (χ1) is 10.2. The Morgan fingerprint density at radius 1 is 1.19 bits per heavy atom. The number of pyridine rings is 1. The monoisotopic (exact) mass is 285 g/mol. The van der Waals surface area contributed by atoms with E-state index in [0.717, 1.165) is 36.6 Å². The smallest absolute Gasteiger partial charge is 0.118 e. The van der Waals surface area contributed by atoms with Crippen molar-refractivity contribution in [3.63, 3.8) is 0 Å². The first-order valence-corrected chi connectivity index (χ1v) is 7.24. The Labute approximate surface area is 126 Å². The second kappa shape index (κ2) is 7.76. The lowest BCUT2D eigenvalue weighted by atomic mass is 10.1. The van der Waals surface area contributed by atoms with Crippen LogP contribution >= 0.6 is 0 Å². The van der Waals surface area contributed by atoms with Gasteiger partial charge in [0.1, 0.15) is 5.75 Å². The molecule has 0 spiro atoms. The molecule has 0 radical (unpaired) electrons. The molecule has 0 amide bonds. The molecule has 0 bridgehead atoms. The molecule has 112 valence electrons. The third kappa shape index (κ3) is 4.55. The Balaban J connectivity index is 1.96. The molecule has 4 heteroatoms. The van der Waals surface area contributed by atoms with Gasteiger partial charge in [-0.2, -0.15) is 0 Å². The van der Waals surface area contributed by atoms with Crippen molar-refractivity contribution in [2.75, 3.05) is 20.2 Å². The number of methoxy groups -OCH3 is 1. The van der Waals surface area contributed by atoms with Crippen LogP contribution in [0.3, 0.4) is 0 Å². The van der Waals surface area contributed by atoms with Gasteiger partial charge in [0.25, 0.3) is 0 Å². The van der Waals surface area contributed by atoms with Gasteiger partial charge in [-0.25, -0.2) is 0 Å². The molecule has 0 aliphatic heterocycles. The minimum Gasteiger partial charge on any atom is -0.497 e. The van der Waals surface area contributed by atoms with Crippen LogP contribution in [0.25, 0.3) is 0 Å². The van der Waals surface area contributed by atoms with E-state index in [2.05, 4.69) is 16.8 Å². The first kappa shape index (κ1) is 15.5. The number of hydrogen-bond acceptors (Lipinski definition) is 4. The Morgan fingerprint density at radius 2 is 1.95 bits per heavy atom. The van der Waals surface area contributed by atoms with Gasteiger partial charge in [-0.3, -0.25) is 9.88 Å². The summed E-state index contributed by atoms with van der Waals surface area (Å²) in [7, 11) is 1.67. The SMILES string of the molecule is CCN(Cc1ccccn1)CC(N)c1ccc(OC)cc1. The summed E-state index contributed by atoms with van der Waals surface area (Å²) in [5.41, 5.74) is 8.51. The minimum absolute atomic E-state index is 0.0143. The van der Waals surface area contributed by atoms with E-state index in [0.29, 0.717) is 0 Å². The van der Waals surface area contributed by atoms with E-state index >= 15 is 0 Å². The molecule has 2 N–H and O–H groups in total. The van der Waals surface area contributed by atoms with Gasteiger partial charge in [0.2, 0.25) is 0 Å². The molecule has 1 aromatic carbocycles. The fourth-order valence-electron chi connectivity index (χ4n) is 2.26. The molecule has 2 aromatic rings. The molecule has 1 aromatic heterocycles. The second-order valence-corrected chi connectivity index (χ2v) is 5.03. The van der Waals surface area contributed by atoms with Gasteiger partial charge in [-0.15, -0.1) is 0 Å². The van der Waals surface area contributed by atoms with Crippen LogP contribution in [0.1, 0.15) is 24.2 Å². The van der Waals surface area contributed by atoms with E-state index in [1.54, 1.807) is 7.11 Å². The topological polar surface area (TPSA) is 51.4 Å². The fraction of sp³-hybridized carbons (Fsp3) is 0.353. The zero-order valence-electron chi connectivity index (χ0n) is 12.7. The summed E-state index contributed by atoms with van der Waals surface area (Å²) in [5, 5.41) is 0. The van der Waals surface area contributed by atoms with Gasteiger partial charge in [-0.05, 0) is 36.4 Å². The maximum atomic E-state index is 6.31. The number of nitrogens with zero attached hydrogens (tertiary/aromatic N) is 2. The molecule has 0 fully saturated rings. The van der Waals surface area contributed by atoms with Gasteiger partial charge in [0, 0.05) is 25.3 Å². The van der Waals surface area contributed by atoms with Crippen LogP contribution in [0.15, 0.2) is 48.7 Å². The van der Waals surface area contributed by atoms with Crippen molar-refractivity contribution in [2.24, 2.45) is 5.73 Å². The maximum absolute atomic E-state index is 6.31. The zero-order valence-corrected chi connectivity index (χ0v) is 12.7. The number of nitrogens with two attached hydrogens (primary N) is 1. The quantitative estimate of drug-likeness (QED) is 0.849. The van der Waals surface area contributed by atoms with E-state index < -0.39 is 0 Å². The lowest BCUT2D eigenvalue weighted by Crippen LogP contribution is -2.32. The van der Waals surface area contributed by atoms with Crippen LogP contribution in [-0.4, -0.2) is 30.1 Å². The molecule has 4 nitrogen and oxygen atoms in total. The zero-order chi connectivity index (χ0) is 15.1. The Bertz CT molecular complexity index is 527. The highest BCUT2D eigenvalue weighted by molar-refractivity contribution is 5.29. The van der Waals surface area contributed by atoms with Crippen molar-refractivity contribution in [3.05, 3.63) is 59.9 Å². The average molecular weight is 285 g/mol. The van der Waals surface area contributed by atoms with Crippen molar-refractivity contribution in [1.29, 1.82) is 0 Å².